The van der Waals surface area contributed by atoms with Crippen molar-refractivity contribution in [3.8, 4) is 28.6 Å². The number of phenols is 1. The largest absolute Gasteiger partial charge is 0.504 e. The van der Waals surface area contributed by atoms with Crippen molar-refractivity contribution in [1.29, 1.82) is 0 Å². The third-order valence-electron chi connectivity index (χ3n) is 5.68. The number of hydrazone groups is 1. The molecule has 1 aromatic heterocycles. The summed E-state index contributed by atoms with van der Waals surface area (Å²) in [5, 5.41) is 23.3. The Bertz CT molecular complexity index is 1410. The minimum atomic E-state index is -0.284. The molecule has 0 saturated heterocycles. The van der Waals surface area contributed by atoms with Crippen molar-refractivity contribution in [2.45, 2.75) is 38.3 Å². The number of ether oxygens (including phenoxy) is 1. The molecule has 0 unspecified atom stereocenters. The second-order valence-corrected chi connectivity index (χ2v) is 10.5. The number of amides is 1. The number of aromatic hydroxyl groups is 1. The molecule has 0 radical (unpaired) electrons. The van der Waals surface area contributed by atoms with Gasteiger partial charge in [-0.3, -0.25) is 9.36 Å². The van der Waals surface area contributed by atoms with Crippen molar-refractivity contribution in [1.82, 2.24) is 20.2 Å². The third-order valence-corrected chi connectivity index (χ3v) is 6.60. The Morgan fingerprint density at radius 3 is 2.50 bits per heavy atom. The zero-order valence-electron chi connectivity index (χ0n) is 21.9. The summed E-state index contributed by atoms with van der Waals surface area (Å²) in [4.78, 5) is 12.5. The number of nitrogens with zero attached hydrogens (tertiary/aromatic N) is 4. The molecule has 2 N–H and O–H groups in total. The number of rotatable bonds is 9. The molecule has 9 heteroatoms. The Kier molecular flexibility index (Phi) is 8.48. The molecule has 4 aromatic rings. The summed E-state index contributed by atoms with van der Waals surface area (Å²) >= 11 is 1.28. The van der Waals surface area contributed by atoms with Crippen molar-refractivity contribution in [2.75, 3.05) is 12.4 Å². The van der Waals surface area contributed by atoms with Gasteiger partial charge in [-0.25, -0.2) is 5.43 Å². The molecule has 0 aliphatic rings. The van der Waals surface area contributed by atoms with E-state index in [-0.39, 0.29) is 22.8 Å². The van der Waals surface area contributed by atoms with Gasteiger partial charge in [0.15, 0.2) is 22.5 Å². The van der Waals surface area contributed by atoms with Crippen LogP contribution in [0.15, 0.2) is 83.1 Å². The molecule has 4 rings (SSSR count). The van der Waals surface area contributed by atoms with Crippen molar-refractivity contribution < 1.29 is 14.6 Å². The lowest BCUT2D eigenvalue weighted by molar-refractivity contribution is -0.118. The number of nitrogens with one attached hydrogen (secondary N) is 1. The molecule has 8 nitrogen and oxygen atoms in total. The number of aromatic nitrogens is 3. The SMILES string of the molecule is CCOc1cc(C=NNC(=O)CSc2nnc(-c3ccc(C(C)(C)C)cc3)n2-c2ccccc2)ccc1O. The maximum absolute atomic E-state index is 12.5. The van der Waals surface area contributed by atoms with E-state index in [0.29, 0.717) is 28.9 Å². The van der Waals surface area contributed by atoms with Gasteiger partial charge in [-0.1, -0.05) is 75.0 Å². The number of benzene rings is 3. The summed E-state index contributed by atoms with van der Waals surface area (Å²) in [7, 11) is 0. The standard InChI is InChI=1S/C29H31N5O3S/c1-5-37-25-17-20(11-16-24(25)35)18-30-31-26(36)19-38-28-33-32-27(34(28)23-9-7-6-8-10-23)21-12-14-22(15-13-21)29(2,3)4/h6-18,35H,5,19H2,1-4H3,(H,31,36). The second-order valence-electron chi connectivity index (χ2n) is 9.55. The van der Waals surface area contributed by atoms with Crippen LogP contribution in [0.2, 0.25) is 0 Å². The van der Waals surface area contributed by atoms with Crippen LogP contribution in [0.4, 0.5) is 0 Å². The van der Waals surface area contributed by atoms with E-state index in [4.69, 9.17) is 4.74 Å². The van der Waals surface area contributed by atoms with Gasteiger partial charge >= 0.3 is 0 Å². The fourth-order valence-corrected chi connectivity index (χ4v) is 4.45. The van der Waals surface area contributed by atoms with Crippen LogP contribution in [-0.2, 0) is 10.2 Å². The Hall–Kier alpha value is -4.11. The van der Waals surface area contributed by atoms with Crippen LogP contribution in [-0.4, -0.2) is 44.4 Å². The number of hydrogen-bond acceptors (Lipinski definition) is 7. The van der Waals surface area contributed by atoms with Crippen LogP contribution in [0.5, 0.6) is 11.5 Å². The van der Waals surface area contributed by atoms with Crippen LogP contribution < -0.4 is 10.2 Å². The topological polar surface area (TPSA) is 102 Å². The van der Waals surface area contributed by atoms with E-state index in [0.717, 1.165) is 11.3 Å². The molecule has 1 amide bonds. The lowest BCUT2D eigenvalue weighted by Gasteiger charge is -2.19. The van der Waals surface area contributed by atoms with Crippen LogP contribution in [0.25, 0.3) is 17.1 Å². The minimum Gasteiger partial charge on any atom is -0.504 e. The Labute approximate surface area is 226 Å². The summed E-state index contributed by atoms with van der Waals surface area (Å²) in [5.41, 5.74) is 6.36. The highest BCUT2D eigenvalue weighted by atomic mass is 32.2. The lowest BCUT2D eigenvalue weighted by Crippen LogP contribution is -2.20. The number of carbonyl (C=O) groups is 1. The predicted molar refractivity (Wildman–Crippen MR) is 151 cm³/mol. The van der Waals surface area contributed by atoms with Gasteiger partial charge in [-0.15, -0.1) is 10.2 Å². The molecule has 0 atom stereocenters. The number of hydrogen-bond donors (Lipinski definition) is 2. The van der Waals surface area contributed by atoms with E-state index < -0.39 is 0 Å². The number of thioether (sulfide) groups is 1. The van der Waals surface area contributed by atoms with Gasteiger partial charge in [-0.2, -0.15) is 5.10 Å². The molecular formula is C29H31N5O3S. The van der Waals surface area contributed by atoms with Crippen molar-refractivity contribution in [2.24, 2.45) is 5.10 Å². The monoisotopic (exact) mass is 529 g/mol. The molecule has 0 aliphatic heterocycles. The van der Waals surface area contributed by atoms with Crippen molar-refractivity contribution in [3.05, 3.63) is 83.9 Å². The zero-order chi connectivity index (χ0) is 27.1. The first-order valence-electron chi connectivity index (χ1n) is 12.3. The number of phenolic OH excluding ortho intramolecular Hbond substituents is 1. The van der Waals surface area contributed by atoms with E-state index in [1.54, 1.807) is 12.1 Å². The van der Waals surface area contributed by atoms with E-state index in [1.807, 2.05) is 41.8 Å². The molecular weight excluding hydrogens is 498 g/mol. The average molecular weight is 530 g/mol. The summed E-state index contributed by atoms with van der Waals surface area (Å²) in [6.45, 7) is 8.81. The summed E-state index contributed by atoms with van der Waals surface area (Å²) in [5.74, 6) is 0.938. The van der Waals surface area contributed by atoms with Crippen LogP contribution in [0.1, 0.15) is 38.8 Å². The Morgan fingerprint density at radius 1 is 1.08 bits per heavy atom. The maximum Gasteiger partial charge on any atom is 0.250 e. The van der Waals surface area contributed by atoms with Crippen molar-refractivity contribution >= 4 is 23.9 Å². The first-order valence-corrected chi connectivity index (χ1v) is 13.3. The molecule has 0 fully saturated rings. The molecule has 0 bridgehead atoms. The predicted octanol–water partition coefficient (Wildman–Crippen LogP) is 5.58. The maximum atomic E-state index is 12.5. The highest BCUT2D eigenvalue weighted by Crippen LogP contribution is 2.30. The molecule has 3 aromatic carbocycles. The van der Waals surface area contributed by atoms with Gasteiger partial charge < -0.3 is 9.84 Å². The molecule has 0 saturated carbocycles. The molecule has 196 valence electrons. The smallest absolute Gasteiger partial charge is 0.250 e. The molecule has 0 spiro atoms. The van der Waals surface area contributed by atoms with E-state index >= 15 is 0 Å². The molecule has 1 heterocycles. The van der Waals surface area contributed by atoms with Gasteiger partial charge in [0.1, 0.15) is 0 Å². The number of para-hydroxylation sites is 1. The Balaban J connectivity index is 1.48. The summed E-state index contributed by atoms with van der Waals surface area (Å²) in [6, 6.07) is 23.0. The van der Waals surface area contributed by atoms with Crippen LogP contribution >= 0.6 is 11.8 Å². The zero-order valence-corrected chi connectivity index (χ0v) is 22.7. The fourth-order valence-electron chi connectivity index (χ4n) is 3.70. The van der Waals surface area contributed by atoms with Gasteiger partial charge in [0.25, 0.3) is 5.91 Å². The summed E-state index contributed by atoms with van der Waals surface area (Å²) < 4.78 is 7.33. The summed E-state index contributed by atoms with van der Waals surface area (Å²) in [6.07, 6.45) is 1.50. The minimum absolute atomic E-state index is 0.0519. The second kappa shape index (κ2) is 12.0. The van der Waals surface area contributed by atoms with Crippen LogP contribution in [0, 0.1) is 0 Å². The van der Waals surface area contributed by atoms with Gasteiger partial charge in [-0.05, 0) is 53.8 Å². The first kappa shape index (κ1) is 26.9. The quantitative estimate of drug-likeness (QED) is 0.167. The highest BCUT2D eigenvalue weighted by molar-refractivity contribution is 7.99. The average Bonchev–Trinajstić information content (AvgIpc) is 3.33. The lowest BCUT2D eigenvalue weighted by atomic mass is 9.87. The van der Waals surface area contributed by atoms with Gasteiger partial charge in [0.05, 0.1) is 18.6 Å². The van der Waals surface area contributed by atoms with E-state index in [2.05, 4.69) is 65.8 Å². The van der Waals surface area contributed by atoms with Gasteiger partial charge in [0, 0.05) is 11.3 Å². The highest BCUT2D eigenvalue weighted by Gasteiger charge is 2.19. The normalized spacial score (nSPS) is 11.6. The fraction of sp³-hybridized carbons (Fsp3) is 0.241. The van der Waals surface area contributed by atoms with E-state index in [1.165, 1.54) is 29.6 Å². The number of carbonyl (C=O) groups excluding carboxylic acids is 1. The van der Waals surface area contributed by atoms with Crippen LogP contribution in [0.3, 0.4) is 0 Å². The first-order chi connectivity index (χ1) is 18.3. The molecule has 38 heavy (non-hydrogen) atoms. The van der Waals surface area contributed by atoms with Gasteiger partial charge in [0.2, 0.25) is 0 Å². The molecule has 0 aliphatic carbocycles. The Morgan fingerprint density at radius 2 is 1.82 bits per heavy atom. The van der Waals surface area contributed by atoms with E-state index in [9.17, 15) is 9.90 Å². The van der Waals surface area contributed by atoms with Crippen molar-refractivity contribution in [3.63, 3.8) is 0 Å². The third kappa shape index (κ3) is 6.60.